The lowest BCUT2D eigenvalue weighted by atomic mass is 9.84. The van der Waals surface area contributed by atoms with E-state index in [1.54, 1.807) is 12.1 Å². The third kappa shape index (κ3) is 4.29. The van der Waals surface area contributed by atoms with E-state index >= 15 is 0 Å². The molecule has 1 saturated heterocycles. The molecule has 2 aromatic rings. The predicted octanol–water partition coefficient (Wildman–Crippen LogP) is 5.49. The normalized spacial score (nSPS) is 20.3. The van der Waals surface area contributed by atoms with Crippen LogP contribution in [0.4, 0.5) is 11.4 Å². The second-order valence-electron chi connectivity index (χ2n) is 7.89. The van der Waals surface area contributed by atoms with Crippen molar-refractivity contribution in [2.45, 2.75) is 56.9 Å². The van der Waals surface area contributed by atoms with Crippen LogP contribution in [0, 0.1) is 16.2 Å². The van der Waals surface area contributed by atoms with Crippen LogP contribution in [0.2, 0.25) is 0 Å². The van der Waals surface area contributed by atoms with Crippen molar-refractivity contribution in [1.82, 2.24) is 0 Å². The Morgan fingerprint density at radius 3 is 2.50 bits per heavy atom. The monoisotopic (exact) mass is 379 g/mol. The minimum absolute atomic E-state index is 0.129. The molecule has 0 unspecified atom stereocenters. The van der Waals surface area contributed by atoms with E-state index in [0.29, 0.717) is 18.6 Å². The van der Waals surface area contributed by atoms with E-state index in [2.05, 4.69) is 23.1 Å². The highest BCUT2D eigenvalue weighted by atomic mass is 16.6. The molecule has 0 amide bonds. The summed E-state index contributed by atoms with van der Waals surface area (Å²) >= 11 is 0. The number of benzene rings is 2. The third-order valence-electron chi connectivity index (χ3n) is 6.06. The summed E-state index contributed by atoms with van der Waals surface area (Å²) < 4.78 is 6.06. The number of anilines is 1. The number of nitro groups is 1. The zero-order valence-corrected chi connectivity index (χ0v) is 16.2. The zero-order chi connectivity index (χ0) is 19.3. The van der Waals surface area contributed by atoms with Gasteiger partial charge < -0.3 is 9.64 Å². The fourth-order valence-corrected chi connectivity index (χ4v) is 4.49. The van der Waals surface area contributed by atoms with E-state index in [4.69, 9.17) is 4.74 Å². The highest BCUT2D eigenvalue weighted by Gasteiger charge is 2.26. The topological polar surface area (TPSA) is 55.6 Å². The van der Waals surface area contributed by atoms with Crippen LogP contribution >= 0.6 is 0 Å². The van der Waals surface area contributed by atoms with Gasteiger partial charge in [-0.15, -0.1) is 0 Å². The molecule has 147 valence electrons. The van der Waals surface area contributed by atoms with Gasteiger partial charge in [0.05, 0.1) is 11.0 Å². The fraction of sp³-hybridized carbons (Fsp3) is 0.478. The van der Waals surface area contributed by atoms with Crippen LogP contribution in [0.25, 0.3) is 0 Å². The highest BCUT2D eigenvalue weighted by molar-refractivity contribution is 5.52. The van der Waals surface area contributed by atoms with Crippen LogP contribution in [-0.4, -0.2) is 24.1 Å². The first-order valence-electron chi connectivity index (χ1n) is 10.4. The van der Waals surface area contributed by atoms with Crippen molar-refractivity contribution in [2.24, 2.45) is 0 Å². The fourth-order valence-electron chi connectivity index (χ4n) is 4.49. The number of nitro benzene ring substituents is 1. The average molecular weight is 379 g/mol. The van der Waals surface area contributed by atoms with Crippen LogP contribution in [-0.2, 0) is 0 Å². The summed E-state index contributed by atoms with van der Waals surface area (Å²) in [5.41, 5.74) is 2.47. The Morgan fingerprint density at radius 1 is 1.04 bits per heavy atom. The molecule has 0 aromatic heterocycles. The molecule has 1 aliphatic carbocycles. The van der Waals surface area contributed by atoms with E-state index in [9.17, 15) is 10.1 Å². The largest absolute Gasteiger partial charge is 0.491 e. The van der Waals surface area contributed by atoms with Gasteiger partial charge in [0, 0.05) is 24.4 Å². The molecule has 1 aliphatic heterocycles. The Kier molecular flexibility index (Phi) is 5.79. The van der Waals surface area contributed by atoms with Gasteiger partial charge in [-0.05, 0) is 67.5 Å². The maximum Gasteiger partial charge on any atom is 0.269 e. The molecule has 0 bridgehead atoms. The second kappa shape index (κ2) is 8.63. The predicted molar refractivity (Wildman–Crippen MR) is 110 cm³/mol. The molecule has 4 rings (SSSR count). The highest BCUT2D eigenvalue weighted by Crippen LogP contribution is 2.33. The van der Waals surface area contributed by atoms with Crippen LogP contribution < -0.4 is 9.64 Å². The van der Waals surface area contributed by atoms with Gasteiger partial charge in [-0.1, -0.05) is 25.3 Å². The minimum Gasteiger partial charge on any atom is -0.491 e. The zero-order valence-electron chi connectivity index (χ0n) is 16.2. The molecular formula is C23H27N2O3. The van der Waals surface area contributed by atoms with Gasteiger partial charge in [0.15, 0.2) is 0 Å². The molecule has 5 nitrogen and oxygen atoms in total. The number of rotatable bonds is 6. The summed E-state index contributed by atoms with van der Waals surface area (Å²) in [6, 6.07) is 16.8. The van der Waals surface area contributed by atoms with E-state index in [0.717, 1.165) is 30.8 Å². The molecule has 1 heterocycles. The first-order chi connectivity index (χ1) is 13.7. The molecule has 28 heavy (non-hydrogen) atoms. The molecule has 0 N–H and O–H groups in total. The minimum atomic E-state index is -0.359. The van der Waals surface area contributed by atoms with E-state index < -0.39 is 0 Å². The van der Waals surface area contributed by atoms with Gasteiger partial charge in [0.1, 0.15) is 12.4 Å². The van der Waals surface area contributed by atoms with Gasteiger partial charge in [0.2, 0.25) is 0 Å². The first kappa shape index (κ1) is 18.8. The van der Waals surface area contributed by atoms with E-state index in [1.165, 1.54) is 37.7 Å². The van der Waals surface area contributed by atoms with Crippen molar-refractivity contribution in [3.63, 3.8) is 0 Å². The van der Waals surface area contributed by atoms with Gasteiger partial charge in [0.25, 0.3) is 5.69 Å². The van der Waals surface area contributed by atoms with Crippen molar-refractivity contribution in [1.29, 1.82) is 0 Å². The molecule has 2 aromatic carbocycles. The third-order valence-corrected chi connectivity index (χ3v) is 6.06. The SMILES string of the molecule is O=[N+]([O-])c1ccc(N2CCC[C@H]2COc2c[c]c(C3CCCCC3)cc2)cc1. The summed E-state index contributed by atoms with van der Waals surface area (Å²) in [4.78, 5) is 12.8. The van der Waals surface area contributed by atoms with Crippen molar-refractivity contribution in [3.05, 3.63) is 64.2 Å². The molecule has 2 aliphatic rings. The average Bonchev–Trinajstić information content (AvgIpc) is 3.22. The Morgan fingerprint density at radius 2 is 1.82 bits per heavy atom. The van der Waals surface area contributed by atoms with Crippen LogP contribution in [0.15, 0.2) is 42.5 Å². The molecular weight excluding hydrogens is 352 g/mol. The lowest BCUT2D eigenvalue weighted by molar-refractivity contribution is -0.384. The lowest BCUT2D eigenvalue weighted by Gasteiger charge is -2.27. The Bertz CT molecular complexity index is 782. The van der Waals surface area contributed by atoms with Gasteiger partial charge >= 0.3 is 0 Å². The van der Waals surface area contributed by atoms with Crippen molar-refractivity contribution in [2.75, 3.05) is 18.1 Å². The summed E-state index contributed by atoms with van der Waals surface area (Å²) in [6.45, 7) is 1.58. The van der Waals surface area contributed by atoms with Crippen LogP contribution in [0.5, 0.6) is 5.75 Å². The molecule has 5 heteroatoms. The lowest BCUT2D eigenvalue weighted by Crippen LogP contribution is -2.34. The number of hydrogen-bond donors (Lipinski definition) is 0. The molecule has 1 atom stereocenters. The quantitative estimate of drug-likeness (QED) is 0.492. The number of nitrogens with zero attached hydrogens (tertiary/aromatic N) is 2. The van der Waals surface area contributed by atoms with Crippen LogP contribution in [0.1, 0.15) is 56.4 Å². The summed E-state index contributed by atoms with van der Waals surface area (Å²) in [7, 11) is 0. The smallest absolute Gasteiger partial charge is 0.269 e. The number of hydrogen-bond acceptors (Lipinski definition) is 4. The van der Waals surface area contributed by atoms with Crippen molar-refractivity contribution >= 4 is 11.4 Å². The van der Waals surface area contributed by atoms with Crippen LogP contribution in [0.3, 0.4) is 0 Å². The molecule has 2 fully saturated rings. The van der Waals surface area contributed by atoms with E-state index in [-0.39, 0.29) is 10.6 Å². The molecule has 1 radical (unpaired) electrons. The Balaban J connectivity index is 1.35. The maximum atomic E-state index is 10.9. The Hall–Kier alpha value is -2.56. The Labute approximate surface area is 166 Å². The number of non-ortho nitro benzene ring substituents is 1. The van der Waals surface area contributed by atoms with Gasteiger partial charge in [-0.25, -0.2) is 0 Å². The van der Waals surface area contributed by atoms with Gasteiger partial charge in [-0.2, -0.15) is 0 Å². The number of ether oxygens (including phenoxy) is 1. The second-order valence-corrected chi connectivity index (χ2v) is 7.89. The van der Waals surface area contributed by atoms with E-state index in [1.807, 2.05) is 18.2 Å². The standard InChI is InChI=1S/C23H27N2O3/c26-25(27)21-12-10-20(11-13-21)24-16-4-7-22(24)17-28-23-14-8-19(9-15-23)18-5-2-1-3-6-18/h8,10-15,18,22H,1-7,16-17H2/t22-/m0/s1. The summed E-state index contributed by atoms with van der Waals surface area (Å²) in [6.07, 6.45) is 8.77. The van der Waals surface area contributed by atoms with Crippen molar-refractivity contribution in [3.8, 4) is 5.75 Å². The first-order valence-corrected chi connectivity index (χ1v) is 10.4. The molecule has 1 saturated carbocycles. The summed E-state index contributed by atoms with van der Waals surface area (Å²) in [5, 5.41) is 10.9. The van der Waals surface area contributed by atoms with Gasteiger partial charge in [-0.3, -0.25) is 10.1 Å². The summed E-state index contributed by atoms with van der Waals surface area (Å²) in [5.74, 6) is 1.53. The van der Waals surface area contributed by atoms with Crippen molar-refractivity contribution < 1.29 is 9.66 Å². The molecule has 0 spiro atoms. The maximum absolute atomic E-state index is 10.9.